The molecule has 0 heterocycles. The summed E-state index contributed by atoms with van der Waals surface area (Å²) in [6, 6.07) is 0. The van der Waals surface area contributed by atoms with Gasteiger partial charge < -0.3 is 10.8 Å². The van der Waals surface area contributed by atoms with E-state index in [0.29, 0.717) is 0 Å². The van der Waals surface area contributed by atoms with Crippen molar-refractivity contribution in [1.82, 2.24) is 0 Å². The number of hydrogen-bond donors (Lipinski definition) is 2. The van der Waals surface area contributed by atoms with E-state index in [1.54, 1.807) is 6.92 Å². The number of nitrogens with two attached hydrogens (primary N) is 1. The summed E-state index contributed by atoms with van der Waals surface area (Å²) in [5.41, 5.74) is 5.41. The number of unbranched alkanes of at least 4 members (excludes halogenated alkanes) is 8. The normalized spacial score (nSPS) is 9.60. The Morgan fingerprint density at radius 2 is 1.07 bits per heavy atom. The molecule has 0 rings (SSSR count). The van der Waals surface area contributed by atoms with Gasteiger partial charge in [-0.2, -0.15) is 0 Å². The number of aliphatic hydroxyl groups is 1. The topological polar surface area (TPSA) is 46.2 Å². The summed E-state index contributed by atoms with van der Waals surface area (Å²) >= 11 is 0. The molecule has 0 aliphatic rings. The first-order valence-corrected chi connectivity index (χ1v) is 6.64. The Hall–Kier alpha value is -0.0800. The molecule has 0 bridgehead atoms. The molecule has 0 amide bonds. The van der Waals surface area contributed by atoms with Crippen LogP contribution in [-0.4, -0.2) is 18.3 Å². The van der Waals surface area contributed by atoms with Crippen LogP contribution >= 0.6 is 0 Å². The zero-order chi connectivity index (χ0) is 11.8. The van der Waals surface area contributed by atoms with E-state index in [0.717, 1.165) is 6.54 Å². The quantitative estimate of drug-likeness (QED) is 0.581. The van der Waals surface area contributed by atoms with Crippen LogP contribution in [0.3, 0.4) is 0 Å². The van der Waals surface area contributed by atoms with Gasteiger partial charge in [-0.25, -0.2) is 0 Å². The third-order valence-corrected chi connectivity index (χ3v) is 2.31. The highest BCUT2D eigenvalue weighted by atomic mass is 16.2. The van der Waals surface area contributed by atoms with Crippen molar-refractivity contribution in [1.29, 1.82) is 0 Å². The fourth-order valence-electron chi connectivity index (χ4n) is 1.45. The maximum absolute atomic E-state index is 7.57. The summed E-state index contributed by atoms with van der Waals surface area (Å²) in [6.07, 6.45) is 12.5. The van der Waals surface area contributed by atoms with Gasteiger partial charge in [0.05, 0.1) is 0 Å². The molecule has 0 unspecified atom stereocenters. The Bertz CT molecular complexity index is 76.6. The van der Waals surface area contributed by atoms with Crippen LogP contribution in [0.1, 0.15) is 71.6 Å². The second kappa shape index (κ2) is 19.5. The van der Waals surface area contributed by atoms with Crippen LogP contribution < -0.4 is 5.73 Å². The first-order valence-electron chi connectivity index (χ1n) is 6.64. The van der Waals surface area contributed by atoms with E-state index < -0.39 is 0 Å². The Balaban J connectivity index is 0. The predicted molar refractivity (Wildman–Crippen MR) is 69.0 cm³/mol. The summed E-state index contributed by atoms with van der Waals surface area (Å²) in [5.74, 6) is 0. The molecular formula is C13H31NO. The summed E-state index contributed by atoms with van der Waals surface area (Å²) < 4.78 is 0. The first kappa shape index (κ1) is 17.3. The lowest BCUT2D eigenvalue weighted by Crippen LogP contribution is -1.97. The summed E-state index contributed by atoms with van der Waals surface area (Å²) in [4.78, 5) is 0. The zero-order valence-corrected chi connectivity index (χ0v) is 10.8. The molecule has 0 aliphatic carbocycles. The largest absolute Gasteiger partial charge is 0.397 e. The van der Waals surface area contributed by atoms with Gasteiger partial charge >= 0.3 is 0 Å². The molecule has 0 spiro atoms. The molecule has 0 saturated heterocycles. The van der Waals surface area contributed by atoms with Gasteiger partial charge in [-0.05, 0) is 19.9 Å². The molecule has 0 atom stereocenters. The minimum atomic E-state index is 0.250. The molecular weight excluding hydrogens is 186 g/mol. The fourth-order valence-corrected chi connectivity index (χ4v) is 1.45. The summed E-state index contributed by atoms with van der Waals surface area (Å²) in [5, 5.41) is 7.57. The second-order valence-electron chi connectivity index (χ2n) is 3.93. The molecule has 0 saturated carbocycles. The average Bonchev–Trinajstić information content (AvgIpc) is 2.23. The highest BCUT2D eigenvalue weighted by molar-refractivity contribution is 4.46. The lowest BCUT2D eigenvalue weighted by atomic mass is 10.1. The molecule has 3 N–H and O–H groups in total. The van der Waals surface area contributed by atoms with Crippen molar-refractivity contribution in [2.45, 2.75) is 71.6 Å². The van der Waals surface area contributed by atoms with Gasteiger partial charge in [0.25, 0.3) is 0 Å². The Morgan fingerprint density at radius 3 is 1.40 bits per heavy atom. The van der Waals surface area contributed by atoms with Crippen molar-refractivity contribution in [2.24, 2.45) is 5.73 Å². The number of hydrogen-bond acceptors (Lipinski definition) is 2. The van der Waals surface area contributed by atoms with Gasteiger partial charge in [0, 0.05) is 6.61 Å². The zero-order valence-electron chi connectivity index (χ0n) is 10.8. The van der Waals surface area contributed by atoms with E-state index in [1.165, 1.54) is 57.8 Å². The highest BCUT2D eigenvalue weighted by Gasteiger charge is 1.90. The van der Waals surface area contributed by atoms with Gasteiger partial charge in [0.1, 0.15) is 0 Å². The third-order valence-electron chi connectivity index (χ3n) is 2.31. The smallest absolute Gasteiger partial charge is 0.0402 e. The lowest BCUT2D eigenvalue weighted by molar-refractivity contribution is 0.318. The standard InChI is InChI=1S/C11H25N.C2H6O/c1-2-3-4-5-6-7-8-9-10-11-12;1-2-3/h2-12H2,1H3;3H,2H2,1H3. The van der Waals surface area contributed by atoms with E-state index in [-0.39, 0.29) is 6.61 Å². The van der Waals surface area contributed by atoms with Crippen LogP contribution in [0.15, 0.2) is 0 Å². The molecule has 0 aromatic rings. The van der Waals surface area contributed by atoms with Crippen LogP contribution in [-0.2, 0) is 0 Å². The maximum Gasteiger partial charge on any atom is 0.0402 e. The van der Waals surface area contributed by atoms with Crippen LogP contribution in [0.5, 0.6) is 0 Å². The van der Waals surface area contributed by atoms with Crippen molar-refractivity contribution in [3.63, 3.8) is 0 Å². The predicted octanol–water partition coefficient (Wildman–Crippen LogP) is 3.47. The first-order chi connectivity index (χ1) is 7.33. The number of rotatable bonds is 9. The molecule has 2 heteroatoms. The van der Waals surface area contributed by atoms with Gasteiger partial charge in [-0.15, -0.1) is 0 Å². The van der Waals surface area contributed by atoms with Crippen LogP contribution in [0.2, 0.25) is 0 Å². The number of aliphatic hydroxyl groups excluding tert-OH is 1. The van der Waals surface area contributed by atoms with Gasteiger partial charge in [-0.1, -0.05) is 58.3 Å². The third kappa shape index (κ3) is 24.9. The molecule has 94 valence electrons. The minimum Gasteiger partial charge on any atom is -0.397 e. The molecule has 0 aromatic heterocycles. The summed E-state index contributed by atoms with van der Waals surface area (Å²) in [7, 11) is 0. The van der Waals surface area contributed by atoms with Crippen molar-refractivity contribution >= 4 is 0 Å². The molecule has 0 aromatic carbocycles. The minimum absolute atomic E-state index is 0.250. The van der Waals surface area contributed by atoms with Crippen LogP contribution in [0.4, 0.5) is 0 Å². The fraction of sp³-hybridized carbons (Fsp3) is 1.00. The van der Waals surface area contributed by atoms with Gasteiger partial charge in [-0.3, -0.25) is 0 Å². The summed E-state index contributed by atoms with van der Waals surface area (Å²) in [6.45, 7) is 5.07. The van der Waals surface area contributed by atoms with E-state index in [9.17, 15) is 0 Å². The Kier molecular flexibility index (Phi) is 22.5. The van der Waals surface area contributed by atoms with Crippen molar-refractivity contribution < 1.29 is 5.11 Å². The van der Waals surface area contributed by atoms with Crippen molar-refractivity contribution in [3.05, 3.63) is 0 Å². The molecule has 15 heavy (non-hydrogen) atoms. The van der Waals surface area contributed by atoms with Gasteiger partial charge in [0.2, 0.25) is 0 Å². The van der Waals surface area contributed by atoms with Gasteiger partial charge in [0.15, 0.2) is 0 Å². The van der Waals surface area contributed by atoms with E-state index in [4.69, 9.17) is 10.8 Å². The van der Waals surface area contributed by atoms with E-state index >= 15 is 0 Å². The van der Waals surface area contributed by atoms with Crippen LogP contribution in [0, 0.1) is 0 Å². The Morgan fingerprint density at radius 1 is 0.733 bits per heavy atom. The monoisotopic (exact) mass is 217 g/mol. The Labute approximate surface area is 96.3 Å². The molecule has 2 nitrogen and oxygen atoms in total. The van der Waals surface area contributed by atoms with Crippen molar-refractivity contribution in [2.75, 3.05) is 13.2 Å². The van der Waals surface area contributed by atoms with Crippen molar-refractivity contribution in [3.8, 4) is 0 Å². The average molecular weight is 217 g/mol. The molecule has 0 radical (unpaired) electrons. The second-order valence-corrected chi connectivity index (χ2v) is 3.93. The van der Waals surface area contributed by atoms with Crippen LogP contribution in [0.25, 0.3) is 0 Å². The maximum atomic E-state index is 7.57. The van der Waals surface area contributed by atoms with E-state index in [2.05, 4.69) is 6.92 Å². The lowest BCUT2D eigenvalue weighted by Gasteiger charge is -1.99. The highest BCUT2D eigenvalue weighted by Crippen LogP contribution is 2.08. The van der Waals surface area contributed by atoms with E-state index in [1.807, 2.05) is 0 Å². The SMILES string of the molecule is CCCCCCCCCCCN.CCO. The molecule has 0 fully saturated rings. The molecule has 0 aliphatic heterocycles.